The Kier molecular flexibility index (Phi) is 4.66. The second kappa shape index (κ2) is 6.07. The van der Waals surface area contributed by atoms with Crippen molar-refractivity contribution in [1.29, 1.82) is 0 Å². The van der Waals surface area contributed by atoms with Crippen LogP contribution in [0.3, 0.4) is 0 Å². The number of nitrogens with zero attached hydrogens (tertiary/aromatic N) is 1. The highest BCUT2D eigenvalue weighted by atomic mass is 35.5. The fraction of sp³-hybridized carbons (Fsp3) is 0.500. The fourth-order valence-electron chi connectivity index (χ4n) is 2.32. The number of hydrogen-bond donors (Lipinski definition) is 1. The molecule has 3 nitrogen and oxygen atoms in total. The van der Waals surface area contributed by atoms with E-state index >= 15 is 0 Å². The number of para-hydroxylation sites is 1. The van der Waals surface area contributed by atoms with Gasteiger partial charge in [-0.1, -0.05) is 23.7 Å². The molecule has 5 heteroatoms. The van der Waals surface area contributed by atoms with Crippen molar-refractivity contribution < 1.29 is 4.74 Å². The molecule has 1 N–H and O–H groups in total. The van der Waals surface area contributed by atoms with Gasteiger partial charge >= 0.3 is 0 Å². The molecule has 19 heavy (non-hydrogen) atoms. The summed E-state index contributed by atoms with van der Waals surface area (Å²) in [4.78, 5) is 2.14. The summed E-state index contributed by atoms with van der Waals surface area (Å²) in [5.41, 5.74) is 1.98. The topological polar surface area (TPSA) is 24.5 Å². The van der Waals surface area contributed by atoms with Gasteiger partial charge in [0.25, 0.3) is 0 Å². The van der Waals surface area contributed by atoms with E-state index < -0.39 is 0 Å². The maximum atomic E-state index is 6.20. The van der Waals surface area contributed by atoms with Gasteiger partial charge in [-0.2, -0.15) is 0 Å². The third kappa shape index (κ3) is 3.59. The van der Waals surface area contributed by atoms with Gasteiger partial charge in [0, 0.05) is 13.1 Å². The number of hydrogen-bond acceptors (Lipinski definition) is 2. The summed E-state index contributed by atoms with van der Waals surface area (Å²) in [5.74, 6) is 0. The Labute approximate surface area is 124 Å². The van der Waals surface area contributed by atoms with Crippen LogP contribution in [0.25, 0.3) is 0 Å². The van der Waals surface area contributed by atoms with Crippen molar-refractivity contribution in [1.82, 2.24) is 4.90 Å². The van der Waals surface area contributed by atoms with Gasteiger partial charge in [0.05, 0.1) is 22.9 Å². The van der Waals surface area contributed by atoms with Gasteiger partial charge < -0.3 is 15.0 Å². The monoisotopic (exact) mass is 298 g/mol. The third-order valence-corrected chi connectivity index (χ3v) is 3.84. The van der Waals surface area contributed by atoms with Crippen molar-refractivity contribution in [2.45, 2.75) is 33.0 Å². The Morgan fingerprint density at radius 3 is 2.58 bits per heavy atom. The van der Waals surface area contributed by atoms with Crippen LogP contribution < -0.4 is 5.32 Å². The summed E-state index contributed by atoms with van der Waals surface area (Å²) in [5, 5.41) is 4.66. The Bertz CT molecular complexity index is 450. The number of rotatable bonds is 1. The fourth-order valence-corrected chi connectivity index (χ4v) is 2.84. The first-order chi connectivity index (χ1) is 8.97. The minimum atomic E-state index is 0.191. The Hall–Kier alpha value is -0.840. The van der Waals surface area contributed by atoms with Crippen LogP contribution in [0.4, 0.5) is 5.69 Å². The number of aryl methyl sites for hydroxylation is 1. The molecule has 0 spiro atoms. The summed E-state index contributed by atoms with van der Waals surface area (Å²) in [6.07, 6.45) is 0.381. The summed E-state index contributed by atoms with van der Waals surface area (Å²) >= 11 is 11.7. The van der Waals surface area contributed by atoms with Crippen molar-refractivity contribution >= 4 is 34.6 Å². The molecule has 1 aromatic rings. The Morgan fingerprint density at radius 1 is 1.37 bits per heavy atom. The normalized spacial score (nSPS) is 23.3. The van der Waals surface area contributed by atoms with Crippen LogP contribution in [0.15, 0.2) is 18.2 Å². The first kappa shape index (κ1) is 14.6. The molecule has 2 rings (SSSR count). The van der Waals surface area contributed by atoms with E-state index in [1.165, 1.54) is 0 Å². The van der Waals surface area contributed by atoms with E-state index in [1.807, 2.05) is 25.1 Å². The van der Waals surface area contributed by atoms with Crippen molar-refractivity contribution in [2.75, 3.05) is 18.4 Å². The second-order valence-electron chi connectivity index (χ2n) is 5.02. The van der Waals surface area contributed by atoms with Gasteiger partial charge in [-0.05, 0) is 44.6 Å². The molecule has 1 saturated heterocycles. The van der Waals surface area contributed by atoms with E-state index in [9.17, 15) is 0 Å². The predicted octanol–water partition coefficient (Wildman–Crippen LogP) is 3.45. The minimum Gasteiger partial charge on any atom is -0.372 e. The highest BCUT2D eigenvalue weighted by molar-refractivity contribution is 7.80. The standard InChI is InChI=1S/C14H19ClN2OS/c1-9-5-4-6-12(15)13(9)16-14(19)17-7-10(2)18-11(3)8-17/h4-6,10-11H,7-8H2,1-3H3,(H,16,19). The molecule has 1 aliphatic rings. The average Bonchev–Trinajstić information content (AvgIpc) is 2.32. The average molecular weight is 299 g/mol. The lowest BCUT2D eigenvalue weighted by Crippen LogP contribution is -2.49. The lowest BCUT2D eigenvalue weighted by molar-refractivity contribution is -0.0473. The van der Waals surface area contributed by atoms with Gasteiger partial charge in [0.2, 0.25) is 0 Å². The molecular formula is C14H19ClN2OS. The van der Waals surface area contributed by atoms with Crippen molar-refractivity contribution in [3.8, 4) is 0 Å². The van der Waals surface area contributed by atoms with Crippen LogP contribution in [0.2, 0.25) is 5.02 Å². The summed E-state index contributed by atoms with van der Waals surface area (Å²) in [6.45, 7) is 7.75. The number of nitrogens with one attached hydrogen (secondary N) is 1. The van der Waals surface area contributed by atoms with Gasteiger partial charge in [-0.25, -0.2) is 0 Å². The van der Waals surface area contributed by atoms with Crippen molar-refractivity contribution in [2.24, 2.45) is 0 Å². The molecule has 1 aromatic carbocycles. The van der Waals surface area contributed by atoms with Gasteiger partial charge in [0.1, 0.15) is 0 Å². The first-order valence-corrected chi connectivity index (χ1v) is 7.22. The number of ether oxygens (including phenoxy) is 1. The molecule has 0 saturated carbocycles. The van der Waals surface area contributed by atoms with Crippen molar-refractivity contribution in [3.63, 3.8) is 0 Å². The SMILES string of the molecule is Cc1cccc(Cl)c1NC(=S)N1CC(C)OC(C)C1. The molecule has 0 radical (unpaired) electrons. The smallest absolute Gasteiger partial charge is 0.173 e. The summed E-state index contributed by atoms with van der Waals surface area (Å²) in [7, 11) is 0. The van der Waals surface area contributed by atoms with E-state index in [-0.39, 0.29) is 12.2 Å². The van der Waals surface area contributed by atoms with Crippen LogP contribution in [0.5, 0.6) is 0 Å². The number of benzene rings is 1. The summed E-state index contributed by atoms with van der Waals surface area (Å²) in [6, 6.07) is 5.82. The quantitative estimate of drug-likeness (QED) is 0.803. The predicted molar refractivity (Wildman–Crippen MR) is 84.0 cm³/mol. The van der Waals surface area contributed by atoms with Crippen LogP contribution in [-0.4, -0.2) is 35.3 Å². The van der Waals surface area contributed by atoms with E-state index in [0.29, 0.717) is 10.1 Å². The maximum Gasteiger partial charge on any atom is 0.173 e. The molecule has 1 fully saturated rings. The van der Waals surface area contributed by atoms with E-state index in [0.717, 1.165) is 24.3 Å². The molecule has 0 bridgehead atoms. The minimum absolute atomic E-state index is 0.191. The molecule has 0 amide bonds. The number of morpholine rings is 1. The van der Waals surface area contributed by atoms with Crippen LogP contribution >= 0.6 is 23.8 Å². The first-order valence-electron chi connectivity index (χ1n) is 6.44. The van der Waals surface area contributed by atoms with Crippen LogP contribution in [0.1, 0.15) is 19.4 Å². The molecule has 0 aliphatic carbocycles. The lowest BCUT2D eigenvalue weighted by atomic mass is 10.2. The number of anilines is 1. The second-order valence-corrected chi connectivity index (χ2v) is 5.82. The molecular weight excluding hydrogens is 280 g/mol. The van der Waals surface area contributed by atoms with Crippen LogP contribution in [0, 0.1) is 6.92 Å². The maximum absolute atomic E-state index is 6.20. The molecule has 104 valence electrons. The Morgan fingerprint density at radius 2 is 2.00 bits per heavy atom. The van der Waals surface area contributed by atoms with Crippen molar-refractivity contribution in [3.05, 3.63) is 28.8 Å². The van der Waals surface area contributed by atoms with Gasteiger partial charge in [-0.15, -0.1) is 0 Å². The third-order valence-electron chi connectivity index (χ3n) is 3.16. The highest BCUT2D eigenvalue weighted by Crippen LogP contribution is 2.26. The highest BCUT2D eigenvalue weighted by Gasteiger charge is 2.24. The van der Waals surface area contributed by atoms with E-state index in [4.69, 9.17) is 28.6 Å². The number of thiocarbonyl (C=S) groups is 1. The summed E-state index contributed by atoms with van der Waals surface area (Å²) < 4.78 is 5.71. The van der Waals surface area contributed by atoms with E-state index in [2.05, 4.69) is 24.1 Å². The molecule has 2 unspecified atom stereocenters. The molecule has 1 heterocycles. The largest absolute Gasteiger partial charge is 0.372 e. The van der Waals surface area contributed by atoms with Gasteiger partial charge in [-0.3, -0.25) is 0 Å². The molecule has 2 atom stereocenters. The van der Waals surface area contributed by atoms with Gasteiger partial charge in [0.15, 0.2) is 5.11 Å². The molecule has 0 aromatic heterocycles. The zero-order valence-corrected chi connectivity index (χ0v) is 13.0. The zero-order chi connectivity index (χ0) is 14.0. The molecule has 1 aliphatic heterocycles. The lowest BCUT2D eigenvalue weighted by Gasteiger charge is -2.37. The van der Waals surface area contributed by atoms with E-state index in [1.54, 1.807) is 0 Å². The zero-order valence-electron chi connectivity index (χ0n) is 11.4. The number of halogens is 1. The van der Waals surface area contributed by atoms with Crippen LogP contribution in [-0.2, 0) is 4.74 Å². The Balaban J connectivity index is 2.08.